The summed E-state index contributed by atoms with van der Waals surface area (Å²) in [6.45, 7) is -0.0787. The maximum absolute atomic E-state index is 11.0. The van der Waals surface area contributed by atoms with Crippen LogP contribution in [0.15, 0.2) is 24.3 Å². The first-order chi connectivity index (χ1) is 8.99. The lowest BCUT2D eigenvalue weighted by molar-refractivity contribution is 0.176. The summed E-state index contributed by atoms with van der Waals surface area (Å²) in [5.74, 6) is 2.23. The molecule has 102 valence electrons. The molecule has 1 aromatic carbocycles. The van der Waals surface area contributed by atoms with E-state index in [-0.39, 0.29) is 12.4 Å². The quantitative estimate of drug-likeness (QED) is 0.606. The van der Waals surface area contributed by atoms with Gasteiger partial charge in [0.1, 0.15) is 5.75 Å². The van der Waals surface area contributed by atoms with E-state index in [4.69, 9.17) is 16.6 Å². The van der Waals surface area contributed by atoms with Gasteiger partial charge in [0.15, 0.2) is 6.61 Å². The van der Waals surface area contributed by atoms with Crippen LogP contribution in [0.5, 0.6) is 5.75 Å². The highest BCUT2D eigenvalue weighted by Gasteiger charge is 2.01. The molecule has 4 N–H and O–H groups in total. The molecule has 0 bridgehead atoms. The van der Waals surface area contributed by atoms with E-state index >= 15 is 0 Å². The van der Waals surface area contributed by atoms with Gasteiger partial charge in [-0.15, -0.1) is 6.42 Å². The Kier molecular flexibility index (Phi) is 7.79. The minimum Gasteiger partial charge on any atom is -0.508 e. The van der Waals surface area contributed by atoms with Crippen molar-refractivity contribution in [3.8, 4) is 18.1 Å². The topological polar surface area (TPSA) is 108 Å². The Balaban J connectivity index is 0.000000555. The van der Waals surface area contributed by atoms with Crippen molar-refractivity contribution in [1.82, 2.24) is 5.32 Å². The molecule has 0 unspecified atom stereocenters. The van der Waals surface area contributed by atoms with Crippen molar-refractivity contribution in [3.05, 3.63) is 24.3 Å². The molecule has 7 nitrogen and oxygen atoms in total. The molecule has 0 heterocycles. The predicted molar refractivity (Wildman–Crippen MR) is 69.0 cm³/mol. The summed E-state index contributed by atoms with van der Waals surface area (Å²) in [6.07, 6.45) is 3.26. The summed E-state index contributed by atoms with van der Waals surface area (Å²) in [6, 6.07) is 6.12. The molecule has 0 aliphatic heterocycles. The Morgan fingerprint density at radius 3 is 2.58 bits per heavy atom. The van der Waals surface area contributed by atoms with Crippen LogP contribution in [0.4, 0.5) is 15.3 Å². The molecule has 0 atom stereocenters. The summed E-state index contributed by atoms with van der Waals surface area (Å²) in [5, 5.41) is 21.0. The van der Waals surface area contributed by atoms with E-state index in [0.29, 0.717) is 5.69 Å². The number of rotatable bonds is 2. The number of ether oxygens (including phenoxy) is 1. The maximum atomic E-state index is 11.0. The normalized spacial score (nSPS) is 8.21. The van der Waals surface area contributed by atoms with E-state index < -0.39 is 12.2 Å². The first-order valence-electron chi connectivity index (χ1n) is 5.06. The molecule has 0 radical (unpaired) electrons. The average Bonchev–Trinajstić information content (AvgIpc) is 2.37. The van der Waals surface area contributed by atoms with Gasteiger partial charge in [-0.05, 0) is 12.1 Å². The Morgan fingerprint density at radius 2 is 2.11 bits per heavy atom. The number of carboxylic acid groups (broad SMARTS) is 1. The van der Waals surface area contributed by atoms with Crippen LogP contribution in [-0.4, -0.2) is 36.1 Å². The molecule has 0 fully saturated rings. The number of hydrogen-bond donors (Lipinski definition) is 4. The van der Waals surface area contributed by atoms with Crippen LogP contribution in [0.25, 0.3) is 0 Å². The van der Waals surface area contributed by atoms with Gasteiger partial charge in [0.25, 0.3) is 0 Å². The molecule has 0 aromatic heterocycles. The number of nitrogens with one attached hydrogen (secondary N) is 2. The molecule has 1 rings (SSSR count). The van der Waals surface area contributed by atoms with Crippen molar-refractivity contribution < 1.29 is 24.5 Å². The number of anilines is 1. The summed E-state index contributed by atoms with van der Waals surface area (Å²) in [5.41, 5.74) is 0.451. The third-order valence-electron chi connectivity index (χ3n) is 1.59. The fraction of sp³-hybridized carbons (Fsp3) is 0.167. The molecule has 0 aliphatic rings. The number of amides is 2. The summed E-state index contributed by atoms with van der Waals surface area (Å²) in [4.78, 5) is 20.2. The fourth-order valence-electron chi connectivity index (χ4n) is 0.845. The lowest BCUT2D eigenvalue weighted by Gasteiger charge is -2.04. The first-order valence-corrected chi connectivity index (χ1v) is 5.06. The van der Waals surface area contributed by atoms with Crippen molar-refractivity contribution in [2.75, 3.05) is 19.0 Å². The van der Waals surface area contributed by atoms with Crippen LogP contribution >= 0.6 is 0 Å². The van der Waals surface area contributed by atoms with Gasteiger partial charge in [0.2, 0.25) is 0 Å². The summed E-state index contributed by atoms with van der Waals surface area (Å²) < 4.78 is 4.57. The van der Waals surface area contributed by atoms with Gasteiger partial charge in [0.05, 0.1) is 0 Å². The SMILES string of the molecule is C#CCOC(=O)Nc1cccc(O)c1.CNC(=O)O. The van der Waals surface area contributed by atoms with Gasteiger partial charge in [-0.2, -0.15) is 0 Å². The third-order valence-corrected chi connectivity index (χ3v) is 1.59. The van der Waals surface area contributed by atoms with Crippen molar-refractivity contribution in [1.29, 1.82) is 0 Å². The predicted octanol–water partition coefficient (Wildman–Crippen LogP) is 1.46. The molecular weight excluding hydrogens is 252 g/mol. The zero-order chi connectivity index (χ0) is 14.7. The Bertz CT molecular complexity index is 467. The van der Waals surface area contributed by atoms with E-state index in [1.165, 1.54) is 19.2 Å². The van der Waals surface area contributed by atoms with Gasteiger partial charge in [-0.25, -0.2) is 9.59 Å². The molecule has 7 heteroatoms. The number of carbonyl (C=O) groups is 2. The fourth-order valence-corrected chi connectivity index (χ4v) is 0.845. The molecule has 2 amide bonds. The van der Waals surface area contributed by atoms with Crippen molar-refractivity contribution in [3.63, 3.8) is 0 Å². The number of phenolic OH excluding ortho intramolecular Hbond substituents is 1. The minimum atomic E-state index is -0.995. The van der Waals surface area contributed by atoms with Crippen LogP contribution in [-0.2, 0) is 4.74 Å². The molecule has 0 saturated heterocycles. The van der Waals surface area contributed by atoms with E-state index in [9.17, 15) is 9.59 Å². The highest BCUT2D eigenvalue weighted by molar-refractivity contribution is 5.84. The Labute approximate surface area is 110 Å². The number of phenols is 1. The van der Waals surface area contributed by atoms with Crippen LogP contribution in [0, 0.1) is 12.3 Å². The number of terminal acetylenes is 1. The Hall–Kier alpha value is -2.88. The Morgan fingerprint density at radius 1 is 1.47 bits per heavy atom. The second kappa shape index (κ2) is 9.18. The molecule has 19 heavy (non-hydrogen) atoms. The molecular formula is C12H14N2O5. The number of carbonyl (C=O) groups excluding carboxylic acids is 1. The van der Waals surface area contributed by atoms with Crippen molar-refractivity contribution >= 4 is 17.9 Å². The lowest BCUT2D eigenvalue weighted by Crippen LogP contribution is -2.13. The van der Waals surface area contributed by atoms with E-state index in [1.807, 2.05) is 5.32 Å². The van der Waals surface area contributed by atoms with Gasteiger partial charge in [-0.1, -0.05) is 12.0 Å². The zero-order valence-electron chi connectivity index (χ0n) is 10.2. The average molecular weight is 266 g/mol. The van der Waals surface area contributed by atoms with Crippen molar-refractivity contribution in [2.24, 2.45) is 0 Å². The largest absolute Gasteiger partial charge is 0.508 e. The van der Waals surface area contributed by atoms with Crippen LogP contribution in [0.2, 0.25) is 0 Å². The maximum Gasteiger partial charge on any atom is 0.412 e. The minimum absolute atomic E-state index is 0.0692. The summed E-state index contributed by atoms with van der Waals surface area (Å²) >= 11 is 0. The van der Waals surface area contributed by atoms with Gasteiger partial charge in [-0.3, -0.25) is 5.32 Å². The van der Waals surface area contributed by atoms with E-state index in [2.05, 4.69) is 16.0 Å². The lowest BCUT2D eigenvalue weighted by atomic mass is 10.3. The van der Waals surface area contributed by atoms with Gasteiger partial charge >= 0.3 is 12.2 Å². The van der Waals surface area contributed by atoms with Crippen LogP contribution in [0.1, 0.15) is 0 Å². The molecule has 0 spiro atoms. The highest BCUT2D eigenvalue weighted by Crippen LogP contribution is 2.15. The second-order valence-corrected chi connectivity index (χ2v) is 3.01. The van der Waals surface area contributed by atoms with Crippen molar-refractivity contribution in [2.45, 2.75) is 0 Å². The number of hydrogen-bond acceptors (Lipinski definition) is 4. The zero-order valence-corrected chi connectivity index (χ0v) is 10.2. The smallest absolute Gasteiger partial charge is 0.412 e. The van der Waals surface area contributed by atoms with Crippen LogP contribution < -0.4 is 10.6 Å². The van der Waals surface area contributed by atoms with Gasteiger partial charge < -0.3 is 20.3 Å². The van der Waals surface area contributed by atoms with E-state index in [0.717, 1.165) is 0 Å². The third kappa shape index (κ3) is 8.88. The number of benzene rings is 1. The van der Waals surface area contributed by atoms with Gasteiger partial charge in [0, 0.05) is 18.8 Å². The monoisotopic (exact) mass is 266 g/mol. The summed E-state index contributed by atoms with van der Waals surface area (Å²) in [7, 11) is 1.35. The molecule has 0 saturated carbocycles. The molecule has 0 aliphatic carbocycles. The highest BCUT2D eigenvalue weighted by atomic mass is 16.5. The standard InChI is InChI=1S/C10H9NO3.C2H5NO2/c1-2-6-14-10(13)11-8-4-3-5-9(12)7-8;1-3-2(4)5/h1,3-5,7,12H,6H2,(H,11,13);3H,1H3,(H,4,5). The van der Waals surface area contributed by atoms with E-state index in [1.54, 1.807) is 12.1 Å². The second-order valence-electron chi connectivity index (χ2n) is 3.01. The molecule has 1 aromatic rings. The number of aromatic hydroxyl groups is 1. The van der Waals surface area contributed by atoms with Crippen LogP contribution in [0.3, 0.4) is 0 Å². The first kappa shape index (κ1) is 16.1.